The van der Waals surface area contributed by atoms with E-state index in [9.17, 15) is 4.79 Å². The Morgan fingerprint density at radius 3 is 2.77 bits per heavy atom. The maximum absolute atomic E-state index is 15.1. The van der Waals surface area contributed by atoms with Gasteiger partial charge in [-0.3, -0.25) is 19.8 Å². The molecular weight excluding hydrogens is 389 g/mol. The molecule has 158 valence electrons. The molecule has 0 fully saturated rings. The number of methoxy groups -OCH3 is 1. The Balaban J connectivity index is 2.06. The summed E-state index contributed by atoms with van der Waals surface area (Å²) in [6.07, 6.45) is 3.19. The summed E-state index contributed by atoms with van der Waals surface area (Å²) in [4.78, 5) is 24.2. The number of hydrogen-bond acceptors (Lipinski definition) is 7. The van der Waals surface area contributed by atoms with Gasteiger partial charge in [-0.2, -0.15) is 5.10 Å². The van der Waals surface area contributed by atoms with Gasteiger partial charge < -0.3 is 15.0 Å². The molecule has 0 spiro atoms. The number of rotatable bonds is 7. The topological polar surface area (TPSA) is 99.3 Å². The summed E-state index contributed by atoms with van der Waals surface area (Å²) >= 11 is 0. The Morgan fingerprint density at radius 1 is 1.33 bits per heavy atom. The zero-order chi connectivity index (χ0) is 21.8. The highest BCUT2D eigenvalue weighted by Gasteiger charge is 2.22. The second-order valence-corrected chi connectivity index (χ2v) is 6.88. The van der Waals surface area contributed by atoms with Crippen molar-refractivity contribution in [2.75, 3.05) is 46.7 Å². The average Bonchev–Trinajstić information content (AvgIpc) is 3.13. The third-order valence-corrected chi connectivity index (χ3v) is 4.41. The SMILES string of the molecule is CNC=C(c1cc(OC)ccn1)c1nc2[nH]nc(N(C)C(=O)CN(C)C)c2cc1F. The smallest absolute Gasteiger partial charge is 0.242 e. The molecule has 0 atom stereocenters. The number of aromatic amines is 1. The van der Waals surface area contributed by atoms with Crippen LogP contribution >= 0.6 is 0 Å². The first-order valence-corrected chi connectivity index (χ1v) is 9.19. The number of carbonyl (C=O) groups is 1. The fourth-order valence-corrected chi connectivity index (χ4v) is 2.94. The number of likely N-dealkylation sites (N-methyl/N-ethyl adjacent to an activating group) is 2. The van der Waals surface area contributed by atoms with Gasteiger partial charge in [0.05, 0.1) is 24.7 Å². The molecule has 0 bridgehead atoms. The molecule has 3 rings (SSSR count). The van der Waals surface area contributed by atoms with Crippen LogP contribution in [0, 0.1) is 5.82 Å². The van der Waals surface area contributed by atoms with E-state index in [0.29, 0.717) is 33.9 Å². The maximum Gasteiger partial charge on any atom is 0.242 e. The molecule has 0 aliphatic carbocycles. The highest BCUT2D eigenvalue weighted by atomic mass is 19.1. The van der Waals surface area contributed by atoms with Crippen LogP contribution in [0.1, 0.15) is 11.4 Å². The highest BCUT2D eigenvalue weighted by molar-refractivity contribution is 6.01. The molecule has 0 unspecified atom stereocenters. The molecule has 1 amide bonds. The third kappa shape index (κ3) is 4.23. The Morgan fingerprint density at radius 2 is 2.10 bits per heavy atom. The normalized spacial score (nSPS) is 11.8. The molecular formula is C20H24FN7O2. The molecule has 30 heavy (non-hydrogen) atoms. The van der Waals surface area contributed by atoms with Crippen LogP contribution in [0.4, 0.5) is 10.2 Å². The van der Waals surface area contributed by atoms with Crippen LogP contribution < -0.4 is 15.0 Å². The van der Waals surface area contributed by atoms with Crippen molar-refractivity contribution in [3.05, 3.63) is 47.8 Å². The summed E-state index contributed by atoms with van der Waals surface area (Å²) in [5.74, 6) is 0.167. The van der Waals surface area contributed by atoms with Crippen molar-refractivity contribution < 1.29 is 13.9 Å². The van der Waals surface area contributed by atoms with Crippen LogP contribution in [0.2, 0.25) is 0 Å². The lowest BCUT2D eigenvalue weighted by Gasteiger charge is -2.17. The number of carbonyl (C=O) groups excluding carboxylic acids is 1. The van der Waals surface area contributed by atoms with E-state index in [0.717, 1.165) is 0 Å². The van der Waals surface area contributed by atoms with Crippen LogP contribution in [0.25, 0.3) is 16.6 Å². The standard InChI is InChI=1S/C20H24FN7O2/c1-22-10-14(16-8-12(30-5)6-7-23-16)18-15(21)9-13-19(24-18)25-26-20(13)28(4)17(29)11-27(2)3/h6-10,22H,11H2,1-5H3,(H,24,25,26). The van der Waals surface area contributed by atoms with E-state index in [1.165, 1.54) is 11.0 Å². The molecule has 3 aromatic rings. The lowest BCUT2D eigenvalue weighted by Crippen LogP contribution is -2.35. The van der Waals surface area contributed by atoms with Gasteiger partial charge in [0.2, 0.25) is 5.91 Å². The van der Waals surface area contributed by atoms with E-state index in [1.807, 2.05) is 0 Å². The minimum atomic E-state index is -0.565. The van der Waals surface area contributed by atoms with E-state index < -0.39 is 5.82 Å². The molecule has 0 saturated carbocycles. The fraction of sp³-hybridized carbons (Fsp3) is 0.300. The quantitative estimate of drug-likeness (QED) is 0.607. The average molecular weight is 413 g/mol. The molecule has 2 N–H and O–H groups in total. The lowest BCUT2D eigenvalue weighted by molar-refractivity contribution is -0.118. The van der Waals surface area contributed by atoms with Crippen molar-refractivity contribution in [3.8, 4) is 5.75 Å². The number of pyridine rings is 2. The van der Waals surface area contributed by atoms with Crippen LogP contribution in [0.5, 0.6) is 5.75 Å². The van der Waals surface area contributed by atoms with Crippen LogP contribution in [-0.4, -0.2) is 72.8 Å². The predicted molar refractivity (Wildman–Crippen MR) is 113 cm³/mol. The minimum Gasteiger partial charge on any atom is -0.497 e. The molecule has 3 aromatic heterocycles. The molecule has 3 heterocycles. The summed E-state index contributed by atoms with van der Waals surface area (Å²) in [6, 6.07) is 4.72. The summed E-state index contributed by atoms with van der Waals surface area (Å²) < 4.78 is 20.4. The predicted octanol–water partition coefficient (Wildman–Crippen LogP) is 1.63. The molecule has 10 heteroatoms. The van der Waals surface area contributed by atoms with Gasteiger partial charge in [-0.15, -0.1) is 0 Å². The van der Waals surface area contributed by atoms with Crippen molar-refractivity contribution >= 4 is 28.3 Å². The number of nitrogens with zero attached hydrogens (tertiary/aromatic N) is 5. The number of anilines is 1. The van der Waals surface area contributed by atoms with Gasteiger partial charge in [-0.25, -0.2) is 9.37 Å². The summed E-state index contributed by atoms with van der Waals surface area (Å²) in [5, 5.41) is 10.3. The number of hydrogen-bond donors (Lipinski definition) is 2. The van der Waals surface area contributed by atoms with Gasteiger partial charge in [-0.1, -0.05) is 0 Å². The van der Waals surface area contributed by atoms with E-state index in [4.69, 9.17) is 4.74 Å². The van der Waals surface area contributed by atoms with Gasteiger partial charge in [-0.05, 0) is 26.2 Å². The first kappa shape index (κ1) is 21.2. The van der Waals surface area contributed by atoms with Crippen molar-refractivity contribution in [3.63, 3.8) is 0 Å². The summed E-state index contributed by atoms with van der Waals surface area (Å²) in [7, 11) is 8.44. The zero-order valence-corrected chi connectivity index (χ0v) is 17.5. The number of ether oxygens (including phenoxy) is 1. The summed E-state index contributed by atoms with van der Waals surface area (Å²) in [5.41, 5.74) is 1.39. The number of H-pyrrole nitrogens is 1. The first-order chi connectivity index (χ1) is 14.3. The lowest BCUT2D eigenvalue weighted by atomic mass is 10.1. The van der Waals surface area contributed by atoms with E-state index in [1.54, 1.807) is 64.7 Å². The highest BCUT2D eigenvalue weighted by Crippen LogP contribution is 2.29. The Kier molecular flexibility index (Phi) is 6.26. The van der Waals surface area contributed by atoms with Gasteiger partial charge in [0, 0.05) is 38.1 Å². The van der Waals surface area contributed by atoms with E-state index in [-0.39, 0.29) is 18.1 Å². The van der Waals surface area contributed by atoms with Gasteiger partial charge in [0.1, 0.15) is 11.4 Å². The third-order valence-electron chi connectivity index (χ3n) is 4.41. The zero-order valence-electron chi connectivity index (χ0n) is 17.5. The second-order valence-electron chi connectivity index (χ2n) is 6.88. The van der Waals surface area contributed by atoms with E-state index in [2.05, 4.69) is 25.5 Å². The van der Waals surface area contributed by atoms with Gasteiger partial charge in [0.25, 0.3) is 0 Å². The van der Waals surface area contributed by atoms with E-state index >= 15 is 4.39 Å². The molecule has 0 aliphatic heterocycles. The molecule has 0 saturated heterocycles. The van der Waals surface area contributed by atoms with Gasteiger partial charge in [0.15, 0.2) is 17.3 Å². The molecule has 9 nitrogen and oxygen atoms in total. The number of nitrogens with one attached hydrogen (secondary N) is 2. The Hall–Kier alpha value is -3.53. The van der Waals surface area contributed by atoms with Crippen LogP contribution in [0.3, 0.4) is 0 Å². The van der Waals surface area contributed by atoms with Gasteiger partial charge >= 0.3 is 0 Å². The van der Waals surface area contributed by atoms with Crippen molar-refractivity contribution in [2.24, 2.45) is 0 Å². The van der Waals surface area contributed by atoms with Crippen molar-refractivity contribution in [2.45, 2.75) is 0 Å². The molecule has 0 aliphatic rings. The molecule has 0 radical (unpaired) electrons. The monoisotopic (exact) mass is 413 g/mol. The number of amides is 1. The Bertz CT molecular complexity index is 1090. The molecule has 0 aromatic carbocycles. The summed E-state index contributed by atoms with van der Waals surface area (Å²) in [6.45, 7) is 0.204. The van der Waals surface area contributed by atoms with Crippen LogP contribution in [0.15, 0.2) is 30.6 Å². The maximum atomic E-state index is 15.1. The minimum absolute atomic E-state index is 0.0927. The van der Waals surface area contributed by atoms with Crippen molar-refractivity contribution in [1.82, 2.24) is 30.4 Å². The largest absolute Gasteiger partial charge is 0.497 e. The Labute approximate surface area is 173 Å². The number of aromatic nitrogens is 4. The van der Waals surface area contributed by atoms with Crippen molar-refractivity contribution in [1.29, 1.82) is 0 Å². The van der Waals surface area contributed by atoms with Crippen LogP contribution in [-0.2, 0) is 4.79 Å². The fourth-order valence-electron chi connectivity index (χ4n) is 2.94. The first-order valence-electron chi connectivity index (χ1n) is 9.19. The number of fused-ring (bicyclic) bond motifs is 1. The second kappa shape index (κ2) is 8.87. The number of halogens is 1.